The van der Waals surface area contributed by atoms with Gasteiger partial charge in [0, 0.05) is 6.54 Å². The number of aryl methyl sites for hydroxylation is 2. The zero-order chi connectivity index (χ0) is 24.5. The molecular formula is C29H33NO4S. The third kappa shape index (κ3) is 6.80. The molecule has 0 N–H and O–H groups in total. The predicted molar refractivity (Wildman–Crippen MR) is 137 cm³/mol. The van der Waals surface area contributed by atoms with Gasteiger partial charge in [-0.1, -0.05) is 78.9 Å². The van der Waals surface area contributed by atoms with E-state index >= 15 is 0 Å². The Balaban J connectivity index is 1.48. The molecule has 6 heteroatoms. The van der Waals surface area contributed by atoms with E-state index < -0.39 is 22.0 Å². The van der Waals surface area contributed by atoms with Gasteiger partial charge in [-0.05, 0) is 68.2 Å². The second kappa shape index (κ2) is 12.1. The van der Waals surface area contributed by atoms with E-state index in [9.17, 15) is 13.2 Å². The summed E-state index contributed by atoms with van der Waals surface area (Å²) in [7, 11) is -3.77. The zero-order valence-electron chi connectivity index (χ0n) is 20.0. The van der Waals surface area contributed by atoms with Crippen molar-refractivity contribution in [2.24, 2.45) is 0 Å². The molecule has 0 spiro atoms. The molecule has 0 aliphatic carbocycles. The fourth-order valence-electron chi connectivity index (χ4n) is 4.61. The molecule has 0 aromatic heterocycles. The van der Waals surface area contributed by atoms with Crippen LogP contribution in [0.2, 0.25) is 0 Å². The molecule has 0 amide bonds. The van der Waals surface area contributed by atoms with Gasteiger partial charge >= 0.3 is 5.97 Å². The minimum atomic E-state index is -3.77. The van der Waals surface area contributed by atoms with Crippen LogP contribution in [0.4, 0.5) is 0 Å². The highest BCUT2D eigenvalue weighted by Crippen LogP contribution is 2.27. The fraction of sp³-hybridized carbons (Fsp3) is 0.345. The smallest absolute Gasteiger partial charge is 0.324 e. The minimum absolute atomic E-state index is 0.212. The zero-order valence-corrected chi connectivity index (χ0v) is 20.8. The lowest BCUT2D eigenvalue weighted by atomic mass is 10.0. The Morgan fingerprint density at radius 3 is 1.86 bits per heavy atom. The molecule has 4 rings (SSSR count). The largest absolute Gasteiger partial charge is 0.461 e. The van der Waals surface area contributed by atoms with Gasteiger partial charge in [0.25, 0.3) is 0 Å². The lowest BCUT2D eigenvalue weighted by molar-refractivity contribution is -0.155. The molecule has 1 aliphatic rings. The summed E-state index contributed by atoms with van der Waals surface area (Å²) < 4.78 is 34.1. The van der Waals surface area contributed by atoms with Gasteiger partial charge in [0.15, 0.2) is 0 Å². The summed E-state index contributed by atoms with van der Waals surface area (Å²) in [5, 5.41) is 0. The van der Waals surface area contributed by atoms with E-state index in [4.69, 9.17) is 4.74 Å². The maximum Gasteiger partial charge on any atom is 0.324 e. The highest BCUT2D eigenvalue weighted by atomic mass is 32.2. The number of hydrogen-bond donors (Lipinski definition) is 0. The van der Waals surface area contributed by atoms with Crippen molar-refractivity contribution < 1.29 is 17.9 Å². The summed E-state index contributed by atoms with van der Waals surface area (Å²) in [4.78, 5) is 13.6. The highest BCUT2D eigenvalue weighted by Gasteiger charge is 2.39. The Hall–Kier alpha value is -2.96. The van der Waals surface area contributed by atoms with Gasteiger partial charge in [0.05, 0.1) is 4.90 Å². The number of rotatable bonds is 10. The predicted octanol–water partition coefficient (Wildman–Crippen LogP) is 5.41. The molecule has 5 nitrogen and oxygen atoms in total. The topological polar surface area (TPSA) is 63.7 Å². The quantitative estimate of drug-likeness (QED) is 0.356. The summed E-state index contributed by atoms with van der Waals surface area (Å²) in [6.07, 6.45) is 4.72. The van der Waals surface area contributed by atoms with Crippen molar-refractivity contribution in [2.75, 3.05) is 6.54 Å². The van der Waals surface area contributed by atoms with E-state index in [0.717, 1.165) is 25.7 Å². The van der Waals surface area contributed by atoms with E-state index in [1.54, 1.807) is 30.3 Å². The summed E-state index contributed by atoms with van der Waals surface area (Å²) in [6, 6.07) is 27.9. The molecule has 0 saturated carbocycles. The average Bonchev–Trinajstić information content (AvgIpc) is 2.92. The summed E-state index contributed by atoms with van der Waals surface area (Å²) >= 11 is 0. The normalized spacial score (nSPS) is 16.8. The molecular weight excluding hydrogens is 458 g/mol. The second-order valence-corrected chi connectivity index (χ2v) is 10.9. The number of carbonyl (C=O) groups excluding carboxylic acids is 1. The summed E-state index contributed by atoms with van der Waals surface area (Å²) in [5.41, 5.74) is 2.39. The van der Waals surface area contributed by atoms with Crippen LogP contribution >= 0.6 is 0 Å². The number of carbonyl (C=O) groups is 1. The molecule has 1 aliphatic heterocycles. The van der Waals surface area contributed by atoms with Gasteiger partial charge in [-0.2, -0.15) is 4.31 Å². The molecule has 1 fully saturated rings. The number of piperidine rings is 1. The fourth-order valence-corrected chi connectivity index (χ4v) is 6.27. The third-order valence-corrected chi connectivity index (χ3v) is 8.48. The van der Waals surface area contributed by atoms with Crippen LogP contribution in [0.5, 0.6) is 0 Å². The van der Waals surface area contributed by atoms with E-state index in [2.05, 4.69) is 24.3 Å². The Morgan fingerprint density at radius 1 is 0.800 bits per heavy atom. The molecule has 3 aromatic carbocycles. The van der Waals surface area contributed by atoms with Crippen molar-refractivity contribution in [3.63, 3.8) is 0 Å². The van der Waals surface area contributed by atoms with Gasteiger partial charge < -0.3 is 4.74 Å². The first-order chi connectivity index (χ1) is 17.0. The number of benzene rings is 3. The van der Waals surface area contributed by atoms with Crippen LogP contribution in [0, 0.1) is 0 Å². The van der Waals surface area contributed by atoms with Crippen LogP contribution < -0.4 is 0 Å². The molecule has 1 atom stereocenters. The van der Waals surface area contributed by atoms with Crippen LogP contribution in [0.15, 0.2) is 95.9 Å². The van der Waals surface area contributed by atoms with Gasteiger partial charge in [-0.15, -0.1) is 0 Å². The molecule has 0 radical (unpaired) electrons. The monoisotopic (exact) mass is 491 g/mol. The van der Waals surface area contributed by atoms with Crippen molar-refractivity contribution in [3.8, 4) is 0 Å². The molecule has 0 bridgehead atoms. The minimum Gasteiger partial charge on any atom is -0.461 e. The second-order valence-electron chi connectivity index (χ2n) is 9.05. The van der Waals surface area contributed by atoms with Crippen molar-refractivity contribution in [1.29, 1.82) is 0 Å². The van der Waals surface area contributed by atoms with Crippen molar-refractivity contribution in [3.05, 3.63) is 102 Å². The van der Waals surface area contributed by atoms with Crippen LogP contribution in [0.1, 0.15) is 43.2 Å². The molecule has 1 unspecified atom stereocenters. The molecule has 184 valence electrons. The number of ether oxygens (including phenoxy) is 1. The highest BCUT2D eigenvalue weighted by molar-refractivity contribution is 7.89. The van der Waals surface area contributed by atoms with E-state index in [0.29, 0.717) is 25.8 Å². The van der Waals surface area contributed by atoms with Crippen LogP contribution in [-0.4, -0.2) is 37.4 Å². The van der Waals surface area contributed by atoms with E-state index in [1.165, 1.54) is 15.4 Å². The first kappa shape index (κ1) is 25.1. The van der Waals surface area contributed by atoms with Gasteiger partial charge in [-0.3, -0.25) is 4.79 Å². The maximum absolute atomic E-state index is 13.4. The average molecular weight is 492 g/mol. The van der Waals surface area contributed by atoms with Crippen LogP contribution in [0.3, 0.4) is 0 Å². The Labute approximate surface area is 208 Å². The Bertz CT molecular complexity index is 1120. The van der Waals surface area contributed by atoms with Crippen molar-refractivity contribution >= 4 is 16.0 Å². The summed E-state index contributed by atoms with van der Waals surface area (Å²) in [6.45, 7) is 0.329. The Morgan fingerprint density at radius 2 is 1.31 bits per heavy atom. The molecule has 3 aromatic rings. The molecule has 35 heavy (non-hydrogen) atoms. The third-order valence-electron chi connectivity index (χ3n) is 6.55. The van der Waals surface area contributed by atoms with Crippen LogP contribution in [-0.2, 0) is 32.4 Å². The number of sulfonamides is 1. The van der Waals surface area contributed by atoms with Crippen molar-refractivity contribution in [2.45, 2.75) is 62.0 Å². The standard InChI is InChI=1S/C29H33NO4S/c31-29(28-18-10-11-23-30(28)35(32,33)27-16-8-3-9-17-27)34-26(21-19-24-12-4-1-5-13-24)22-20-25-14-6-2-7-15-25/h1-9,12-17,26,28H,10-11,18-23H2. The number of esters is 1. The van der Waals surface area contributed by atoms with E-state index in [-0.39, 0.29) is 11.0 Å². The molecule has 1 heterocycles. The SMILES string of the molecule is O=C(OC(CCc1ccccc1)CCc1ccccc1)C1CCCCN1S(=O)(=O)c1ccccc1. The van der Waals surface area contributed by atoms with Gasteiger partial charge in [0.1, 0.15) is 12.1 Å². The first-order valence-electron chi connectivity index (χ1n) is 12.4. The summed E-state index contributed by atoms with van der Waals surface area (Å²) in [5.74, 6) is -0.435. The Kier molecular flexibility index (Phi) is 8.72. The van der Waals surface area contributed by atoms with Crippen molar-refractivity contribution in [1.82, 2.24) is 4.31 Å². The number of hydrogen-bond acceptors (Lipinski definition) is 4. The maximum atomic E-state index is 13.4. The first-order valence-corrected chi connectivity index (χ1v) is 13.8. The number of nitrogens with zero attached hydrogens (tertiary/aromatic N) is 1. The van der Waals surface area contributed by atoms with Crippen LogP contribution in [0.25, 0.3) is 0 Å². The van der Waals surface area contributed by atoms with Gasteiger partial charge in [-0.25, -0.2) is 8.42 Å². The lowest BCUT2D eigenvalue weighted by Crippen LogP contribution is -2.49. The lowest BCUT2D eigenvalue weighted by Gasteiger charge is -2.34. The van der Waals surface area contributed by atoms with E-state index in [1.807, 2.05) is 36.4 Å². The van der Waals surface area contributed by atoms with Gasteiger partial charge in [0.2, 0.25) is 10.0 Å². The molecule has 1 saturated heterocycles.